The molecule has 76 valence electrons. The summed E-state index contributed by atoms with van der Waals surface area (Å²) in [7, 11) is 0. The summed E-state index contributed by atoms with van der Waals surface area (Å²) in [6.45, 7) is 3.27. The number of hydrogen-bond acceptors (Lipinski definition) is 4. The van der Waals surface area contributed by atoms with Gasteiger partial charge in [0, 0.05) is 19.6 Å². The second kappa shape index (κ2) is 5.90. The SMILES string of the molecule is NCCCNC(=O)C1CNCCO1. The van der Waals surface area contributed by atoms with Crippen molar-refractivity contribution in [1.82, 2.24) is 10.6 Å². The number of carbonyl (C=O) groups excluding carboxylic acids is 1. The van der Waals surface area contributed by atoms with Gasteiger partial charge in [-0.2, -0.15) is 0 Å². The minimum atomic E-state index is -0.327. The van der Waals surface area contributed by atoms with Crippen molar-refractivity contribution in [1.29, 1.82) is 0 Å². The number of carbonyl (C=O) groups is 1. The van der Waals surface area contributed by atoms with Crippen LogP contribution in [0, 0.1) is 0 Å². The maximum atomic E-state index is 11.4. The molecule has 4 N–H and O–H groups in total. The molecule has 0 radical (unpaired) electrons. The summed E-state index contributed by atoms with van der Waals surface area (Å²) in [5, 5.41) is 5.86. The average Bonchev–Trinajstić information content (AvgIpc) is 2.19. The first-order valence-electron chi connectivity index (χ1n) is 4.64. The highest BCUT2D eigenvalue weighted by molar-refractivity contribution is 5.81. The Bertz CT molecular complexity index is 157. The predicted octanol–water partition coefficient (Wildman–Crippen LogP) is -1.56. The maximum Gasteiger partial charge on any atom is 0.250 e. The Morgan fingerprint density at radius 2 is 2.54 bits per heavy atom. The molecule has 1 heterocycles. The molecule has 1 atom stereocenters. The number of amides is 1. The summed E-state index contributed by atoms with van der Waals surface area (Å²) in [5.74, 6) is -0.0411. The molecule has 0 aliphatic carbocycles. The Morgan fingerprint density at radius 3 is 3.15 bits per heavy atom. The van der Waals surface area contributed by atoms with Crippen LogP contribution in [0.5, 0.6) is 0 Å². The van der Waals surface area contributed by atoms with E-state index in [0.717, 1.165) is 13.0 Å². The Hall–Kier alpha value is -0.650. The van der Waals surface area contributed by atoms with E-state index in [9.17, 15) is 4.79 Å². The minimum absolute atomic E-state index is 0.0411. The molecular weight excluding hydrogens is 170 g/mol. The summed E-state index contributed by atoms with van der Waals surface area (Å²) in [5.41, 5.74) is 5.30. The van der Waals surface area contributed by atoms with Gasteiger partial charge in [-0.3, -0.25) is 4.79 Å². The van der Waals surface area contributed by atoms with Gasteiger partial charge < -0.3 is 21.1 Å². The van der Waals surface area contributed by atoms with Crippen molar-refractivity contribution in [2.45, 2.75) is 12.5 Å². The molecule has 1 aliphatic rings. The summed E-state index contributed by atoms with van der Waals surface area (Å²) in [4.78, 5) is 11.4. The van der Waals surface area contributed by atoms with Crippen LogP contribution in [0.3, 0.4) is 0 Å². The van der Waals surface area contributed by atoms with E-state index in [2.05, 4.69) is 10.6 Å². The van der Waals surface area contributed by atoms with Crippen molar-refractivity contribution in [2.24, 2.45) is 5.73 Å². The lowest BCUT2D eigenvalue weighted by molar-refractivity contribution is -0.134. The molecule has 1 fully saturated rings. The van der Waals surface area contributed by atoms with Crippen molar-refractivity contribution < 1.29 is 9.53 Å². The van der Waals surface area contributed by atoms with Crippen molar-refractivity contribution in [2.75, 3.05) is 32.8 Å². The average molecular weight is 187 g/mol. The zero-order valence-electron chi connectivity index (χ0n) is 7.71. The second-order valence-electron chi connectivity index (χ2n) is 3.00. The van der Waals surface area contributed by atoms with Crippen LogP contribution in [0.1, 0.15) is 6.42 Å². The maximum absolute atomic E-state index is 11.4. The van der Waals surface area contributed by atoms with Gasteiger partial charge in [0.05, 0.1) is 6.61 Å². The van der Waals surface area contributed by atoms with Crippen LogP contribution in [-0.2, 0) is 9.53 Å². The first-order valence-corrected chi connectivity index (χ1v) is 4.64. The van der Waals surface area contributed by atoms with Gasteiger partial charge in [0.1, 0.15) is 6.10 Å². The quantitative estimate of drug-likeness (QED) is 0.465. The van der Waals surface area contributed by atoms with Crippen LogP contribution in [0.15, 0.2) is 0 Å². The van der Waals surface area contributed by atoms with Gasteiger partial charge in [-0.15, -0.1) is 0 Å². The molecule has 5 nitrogen and oxygen atoms in total. The van der Waals surface area contributed by atoms with E-state index in [4.69, 9.17) is 10.5 Å². The van der Waals surface area contributed by atoms with E-state index in [1.807, 2.05) is 0 Å². The molecule has 1 aliphatic heterocycles. The number of ether oxygens (including phenoxy) is 1. The fourth-order valence-electron chi connectivity index (χ4n) is 1.16. The summed E-state index contributed by atoms with van der Waals surface area (Å²) in [6, 6.07) is 0. The summed E-state index contributed by atoms with van der Waals surface area (Å²) >= 11 is 0. The highest BCUT2D eigenvalue weighted by Gasteiger charge is 2.20. The zero-order chi connectivity index (χ0) is 9.52. The second-order valence-corrected chi connectivity index (χ2v) is 3.00. The number of nitrogens with two attached hydrogens (primary N) is 1. The first kappa shape index (κ1) is 10.4. The van der Waals surface area contributed by atoms with Crippen molar-refractivity contribution >= 4 is 5.91 Å². The lowest BCUT2D eigenvalue weighted by Crippen LogP contribution is -2.48. The fraction of sp³-hybridized carbons (Fsp3) is 0.875. The van der Waals surface area contributed by atoms with E-state index in [0.29, 0.717) is 26.2 Å². The Kier molecular flexibility index (Phi) is 4.74. The molecule has 1 amide bonds. The largest absolute Gasteiger partial charge is 0.366 e. The van der Waals surface area contributed by atoms with Crippen LogP contribution >= 0.6 is 0 Å². The Labute approximate surface area is 78.0 Å². The summed E-state index contributed by atoms with van der Waals surface area (Å²) < 4.78 is 5.26. The van der Waals surface area contributed by atoms with Gasteiger partial charge in [-0.25, -0.2) is 0 Å². The van der Waals surface area contributed by atoms with E-state index in [1.54, 1.807) is 0 Å². The van der Waals surface area contributed by atoms with Gasteiger partial charge in [0.2, 0.25) is 5.91 Å². The number of nitrogens with one attached hydrogen (secondary N) is 2. The number of rotatable bonds is 4. The number of morpholine rings is 1. The lowest BCUT2D eigenvalue weighted by atomic mass is 10.3. The van der Waals surface area contributed by atoms with E-state index >= 15 is 0 Å². The zero-order valence-corrected chi connectivity index (χ0v) is 7.71. The van der Waals surface area contributed by atoms with Crippen LogP contribution < -0.4 is 16.4 Å². The molecular formula is C8H17N3O2. The smallest absolute Gasteiger partial charge is 0.250 e. The van der Waals surface area contributed by atoms with Crippen LogP contribution in [0.25, 0.3) is 0 Å². The minimum Gasteiger partial charge on any atom is -0.366 e. The third-order valence-corrected chi connectivity index (χ3v) is 1.90. The molecule has 0 saturated carbocycles. The van der Waals surface area contributed by atoms with E-state index in [1.165, 1.54) is 0 Å². The first-order chi connectivity index (χ1) is 6.34. The molecule has 0 bridgehead atoms. The monoisotopic (exact) mass is 187 g/mol. The van der Waals surface area contributed by atoms with Gasteiger partial charge in [0.15, 0.2) is 0 Å². The van der Waals surface area contributed by atoms with Crippen molar-refractivity contribution in [3.05, 3.63) is 0 Å². The van der Waals surface area contributed by atoms with Crippen LogP contribution in [0.4, 0.5) is 0 Å². The normalized spacial score (nSPS) is 22.7. The molecule has 0 aromatic heterocycles. The van der Waals surface area contributed by atoms with Crippen LogP contribution in [0.2, 0.25) is 0 Å². The van der Waals surface area contributed by atoms with Gasteiger partial charge in [-0.05, 0) is 13.0 Å². The Balaban J connectivity index is 2.13. The summed E-state index contributed by atoms with van der Waals surface area (Å²) in [6.07, 6.45) is 0.484. The molecule has 1 rings (SSSR count). The van der Waals surface area contributed by atoms with Crippen molar-refractivity contribution in [3.8, 4) is 0 Å². The van der Waals surface area contributed by atoms with E-state index < -0.39 is 0 Å². The molecule has 13 heavy (non-hydrogen) atoms. The fourth-order valence-corrected chi connectivity index (χ4v) is 1.16. The third kappa shape index (κ3) is 3.71. The molecule has 5 heteroatoms. The predicted molar refractivity (Wildman–Crippen MR) is 49.3 cm³/mol. The molecule has 1 unspecified atom stereocenters. The molecule has 1 saturated heterocycles. The topological polar surface area (TPSA) is 76.4 Å². The highest BCUT2D eigenvalue weighted by atomic mass is 16.5. The lowest BCUT2D eigenvalue weighted by Gasteiger charge is -2.22. The molecule has 0 spiro atoms. The van der Waals surface area contributed by atoms with Gasteiger partial charge in [-0.1, -0.05) is 0 Å². The highest BCUT2D eigenvalue weighted by Crippen LogP contribution is 1.95. The standard InChI is InChI=1S/C8H17N3O2/c9-2-1-3-11-8(12)7-6-10-4-5-13-7/h7,10H,1-6,9H2,(H,11,12). The molecule has 0 aromatic rings. The number of hydrogen-bond donors (Lipinski definition) is 3. The van der Waals surface area contributed by atoms with Crippen LogP contribution in [-0.4, -0.2) is 44.8 Å². The van der Waals surface area contributed by atoms with Crippen molar-refractivity contribution in [3.63, 3.8) is 0 Å². The third-order valence-electron chi connectivity index (χ3n) is 1.90. The molecule has 0 aromatic carbocycles. The van der Waals surface area contributed by atoms with E-state index in [-0.39, 0.29) is 12.0 Å². The Morgan fingerprint density at radius 1 is 1.69 bits per heavy atom. The van der Waals surface area contributed by atoms with Gasteiger partial charge >= 0.3 is 0 Å². The van der Waals surface area contributed by atoms with Gasteiger partial charge in [0.25, 0.3) is 0 Å².